The Kier molecular flexibility index (Phi) is 4.43. The van der Waals surface area contributed by atoms with Gasteiger partial charge in [-0.2, -0.15) is 0 Å². The van der Waals surface area contributed by atoms with E-state index in [1.807, 2.05) is 17.5 Å². The highest BCUT2D eigenvalue weighted by Gasteiger charge is 2.28. The molecule has 0 amide bonds. The van der Waals surface area contributed by atoms with Crippen molar-refractivity contribution in [1.82, 2.24) is 9.38 Å². The number of furan rings is 1. The minimum absolute atomic E-state index is 0.0287. The highest BCUT2D eigenvalue weighted by Crippen LogP contribution is 2.27. The number of thiophene rings is 1. The number of pyridine rings is 1. The van der Waals surface area contributed by atoms with Crippen LogP contribution < -0.4 is 10.5 Å². The molecule has 0 aliphatic heterocycles. The summed E-state index contributed by atoms with van der Waals surface area (Å²) in [4.78, 5) is 30.9. The standard InChI is InChI=1S/C18H14N4O4S/c23-18-16(22(24)25)17(19-15-7-1-2-8-21(15)18)20(11-13-5-3-9-26-13)12-14-6-4-10-27-14/h1-10H,11-12H2. The number of fused-ring (bicyclic) bond motifs is 1. The summed E-state index contributed by atoms with van der Waals surface area (Å²) in [6.45, 7) is 0.621. The molecule has 4 aromatic heterocycles. The Balaban J connectivity index is 1.89. The topological polar surface area (TPSA) is 93.9 Å². The van der Waals surface area contributed by atoms with Crippen LogP contribution in [-0.4, -0.2) is 14.3 Å². The number of nitro groups is 1. The van der Waals surface area contributed by atoms with Gasteiger partial charge >= 0.3 is 11.2 Å². The summed E-state index contributed by atoms with van der Waals surface area (Å²) in [5.41, 5.74) is -0.920. The van der Waals surface area contributed by atoms with Crippen LogP contribution in [0.25, 0.3) is 5.65 Å². The predicted molar refractivity (Wildman–Crippen MR) is 101 cm³/mol. The van der Waals surface area contributed by atoms with Crippen molar-refractivity contribution in [3.05, 3.63) is 91.4 Å². The third-order valence-corrected chi connectivity index (χ3v) is 4.89. The largest absolute Gasteiger partial charge is 0.467 e. The van der Waals surface area contributed by atoms with E-state index in [9.17, 15) is 14.9 Å². The molecule has 0 N–H and O–H groups in total. The zero-order valence-electron chi connectivity index (χ0n) is 14.0. The van der Waals surface area contributed by atoms with Crippen molar-refractivity contribution in [2.45, 2.75) is 13.1 Å². The summed E-state index contributed by atoms with van der Waals surface area (Å²) in [6.07, 6.45) is 3.01. The van der Waals surface area contributed by atoms with Crippen LogP contribution in [0.1, 0.15) is 10.6 Å². The molecule has 8 nitrogen and oxygen atoms in total. The molecule has 27 heavy (non-hydrogen) atoms. The smallest absolute Gasteiger partial charge is 0.376 e. The number of rotatable bonds is 6. The van der Waals surface area contributed by atoms with Crippen molar-refractivity contribution in [3.63, 3.8) is 0 Å². The Hall–Kier alpha value is -3.46. The SMILES string of the molecule is O=c1c([N+](=O)[O-])c(N(Cc2ccco2)Cc2cccs2)nc2ccccn12. The first-order valence-corrected chi connectivity index (χ1v) is 8.97. The molecular formula is C18H14N4O4S. The molecule has 0 bridgehead atoms. The fourth-order valence-corrected chi connectivity index (χ4v) is 3.55. The van der Waals surface area contributed by atoms with Crippen molar-refractivity contribution in [2.24, 2.45) is 0 Å². The Morgan fingerprint density at radius 3 is 2.78 bits per heavy atom. The molecule has 0 saturated carbocycles. The fourth-order valence-electron chi connectivity index (χ4n) is 2.84. The van der Waals surface area contributed by atoms with Crippen molar-refractivity contribution >= 4 is 28.5 Å². The van der Waals surface area contributed by atoms with Crippen molar-refractivity contribution < 1.29 is 9.34 Å². The van der Waals surface area contributed by atoms with E-state index < -0.39 is 16.2 Å². The van der Waals surface area contributed by atoms with Crippen molar-refractivity contribution in [2.75, 3.05) is 4.90 Å². The molecule has 0 aromatic carbocycles. The molecule has 0 radical (unpaired) electrons. The first kappa shape index (κ1) is 17.0. The maximum atomic E-state index is 12.7. The van der Waals surface area contributed by atoms with Crippen LogP contribution in [0.4, 0.5) is 11.5 Å². The molecule has 4 heterocycles. The number of hydrogen-bond donors (Lipinski definition) is 0. The van der Waals surface area contributed by atoms with Crippen molar-refractivity contribution in [1.29, 1.82) is 0 Å². The maximum Gasteiger partial charge on any atom is 0.376 e. The average molecular weight is 382 g/mol. The Bertz CT molecular complexity index is 1100. The van der Waals surface area contributed by atoms with Gasteiger partial charge in [-0.3, -0.25) is 19.3 Å². The molecule has 0 spiro atoms. The fraction of sp³-hybridized carbons (Fsp3) is 0.111. The van der Waals surface area contributed by atoms with Gasteiger partial charge in [0.25, 0.3) is 0 Å². The second-order valence-electron chi connectivity index (χ2n) is 5.79. The highest BCUT2D eigenvalue weighted by molar-refractivity contribution is 7.09. The quantitative estimate of drug-likeness (QED) is 0.374. The molecule has 0 fully saturated rings. The van der Waals surface area contributed by atoms with Gasteiger partial charge in [-0.25, -0.2) is 4.98 Å². The van der Waals surface area contributed by atoms with Crippen molar-refractivity contribution in [3.8, 4) is 0 Å². The lowest BCUT2D eigenvalue weighted by Gasteiger charge is -2.22. The van der Waals surface area contributed by atoms with Gasteiger partial charge < -0.3 is 9.32 Å². The molecule has 4 aromatic rings. The second kappa shape index (κ2) is 7.04. The lowest BCUT2D eigenvalue weighted by Crippen LogP contribution is -2.28. The minimum atomic E-state index is -0.712. The third-order valence-electron chi connectivity index (χ3n) is 4.03. The number of hydrogen-bond acceptors (Lipinski definition) is 7. The van der Waals surface area contributed by atoms with Crippen LogP contribution in [0.15, 0.2) is 69.5 Å². The molecule has 136 valence electrons. The summed E-state index contributed by atoms with van der Waals surface area (Å²) >= 11 is 1.53. The summed E-state index contributed by atoms with van der Waals surface area (Å²) in [5.74, 6) is 0.650. The van der Waals surface area contributed by atoms with Crippen LogP contribution in [0, 0.1) is 10.1 Å². The van der Waals surface area contributed by atoms with E-state index in [1.165, 1.54) is 28.2 Å². The van der Waals surface area contributed by atoms with Gasteiger partial charge in [0.1, 0.15) is 11.4 Å². The van der Waals surface area contributed by atoms with E-state index in [2.05, 4.69) is 4.98 Å². The van der Waals surface area contributed by atoms with Gasteiger partial charge in [-0.1, -0.05) is 12.1 Å². The van der Waals surface area contributed by atoms with E-state index in [-0.39, 0.29) is 12.4 Å². The summed E-state index contributed by atoms with van der Waals surface area (Å²) < 4.78 is 6.58. The first-order valence-electron chi connectivity index (χ1n) is 8.09. The molecule has 0 aliphatic carbocycles. The normalized spacial score (nSPS) is 11.0. The lowest BCUT2D eigenvalue weighted by atomic mass is 10.3. The van der Waals surface area contributed by atoms with Gasteiger partial charge in [-0.05, 0) is 35.7 Å². The van der Waals surface area contributed by atoms with Gasteiger partial charge in [-0.15, -0.1) is 11.3 Å². The maximum absolute atomic E-state index is 12.7. The van der Waals surface area contributed by atoms with Crippen LogP contribution in [0.5, 0.6) is 0 Å². The number of aromatic nitrogens is 2. The molecular weight excluding hydrogens is 368 g/mol. The number of anilines is 1. The second-order valence-corrected chi connectivity index (χ2v) is 6.82. The van der Waals surface area contributed by atoms with Gasteiger partial charge in [0.05, 0.1) is 24.3 Å². The third kappa shape index (κ3) is 3.32. The van der Waals surface area contributed by atoms with Crippen LogP contribution in [-0.2, 0) is 13.1 Å². The monoisotopic (exact) mass is 382 g/mol. The highest BCUT2D eigenvalue weighted by atomic mass is 32.1. The Morgan fingerprint density at radius 2 is 2.07 bits per heavy atom. The lowest BCUT2D eigenvalue weighted by molar-refractivity contribution is -0.385. The zero-order valence-corrected chi connectivity index (χ0v) is 14.8. The summed E-state index contributed by atoms with van der Waals surface area (Å²) in [7, 11) is 0. The average Bonchev–Trinajstić information content (AvgIpc) is 3.35. The van der Waals surface area contributed by atoms with E-state index in [4.69, 9.17) is 4.42 Å². The van der Waals surface area contributed by atoms with E-state index in [0.717, 1.165) is 4.88 Å². The van der Waals surface area contributed by atoms with Gasteiger partial charge in [0.2, 0.25) is 5.82 Å². The molecule has 0 atom stereocenters. The summed E-state index contributed by atoms with van der Waals surface area (Å²) in [5, 5.41) is 13.6. The molecule has 0 saturated heterocycles. The first-order chi connectivity index (χ1) is 13.1. The van der Waals surface area contributed by atoms with Gasteiger partial charge in [0, 0.05) is 11.1 Å². The number of nitrogens with zero attached hydrogens (tertiary/aromatic N) is 4. The Labute approximate surface area is 157 Å². The predicted octanol–water partition coefficient (Wildman–Crippen LogP) is 3.46. The summed E-state index contributed by atoms with van der Waals surface area (Å²) in [6, 6.07) is 12.4. The van der Waals surface area contributed by atoms with E-state index in [0.29, 0.717) is 18.0 Å². The Morgan fingerprint density at radius 1 is 1.19 bits per heavy atom. The van der Waals surface area contributed by atoms with Gasteiger partial charge in [0.15, 0.2) is 0 Å². The van der Waals surface area contributed by atoms with Crippen LogP contribution >= 0.6 is 11.3 Å². The van der Waals surface area contributed by atoms with Crippen LogP contribution in [0.2, 0.25) is 0 Å². The molecule has 0 aliphatic rings. The minimum Gasteiger partial charge on any atom is -0.467 e. The van der Waals surface area contributed by atoms with E-state index >= 15 is 0 Å². The van der Waals surface area contributed by atoms with E-state index in [1.54, 1.807) is 35.2 Å². The molecule has 4 rings (SSSR count). The van der Waals surface area contributed by atoms with Crippen LogP contribution in [0.3, 0.4) is 0 Å². The molecule has 9 heteroatoms. The zero-order chi connectivity index (χ0) is 18.8. The molecule has 0 unspecified atom stereocenters.